The molecule has 0 spiro atoms. The molecule has 1 aliphatic heterocycles. The largest absolute Gasteiger partial charge is 0.507 e. The van der Waals surface area contributed by atoms with Gasteiger partial charge in [0.15, 0.2) is 0 Å². The van der Waals surface area contributed by atoms with E-state index in [0.29, 0.717) is 42.6 Å². The van der Waals surface area contributed by atoms with Crippen LogP contribution in [0.1, 0.15) is 37.4 Å². The second kappa shape index (κ2) is 12.3. The number of aliphatic hydroxyl groups is 1. The van der Waals surface area contributed by atoms with Crippen molar-refractivity contribution < 1.29 is 28.9 Å². The lowest BCUT2D eigenvalue weighted by Gasteiger charge is -2.26. The number of carbonyl (C=O) groups is 2. The van der Waals surface area contributed by atoms with Crippen molar-refractivity contribution in [3.63, 3.8) is 0 Å². The normalized spacial score (nSPS) is 17.1. The zero-order valence-corrected chi connectivity index (χ0v) is 23.0. The molecule has 37 heavy (non-hydrogen) atoms. The molecule has 1 fully saturated rings. The van der Waals surface area contributed by atoms with Gasteiger partial charge in [-0.05, 0) is 56.7 Å². The third-order valence-electron chi connectivity index (χ3n) is 6.03. The van der Waals surface area contributed by atoms with Crippen molar-refractivity contribution in [2.24, 2.45) is 5.92 Å². The molecule has 1 heterocycles. The summed E-state index contributed by atoms with van der Waals surface area (Å²) in [5, 5.41) is 11.8. The van der Waals surface area contributed by atoms with Crippen LogP contribution in [0.4, 0.5) is 0 Å². The number of rotatable bonds is 11. The predicted molar refractivity (Wildman–Crippen MR) is 144 cm³/mol. The van der Waals surface area contributed by atoms with Crippen molar-refractivity contribution >= 4 is 29.1 Å². The molecule has 3 rings (SSSR count). The molecule has 1 atom stereocenters. The Morgan fingerprint density at radius 3 is 2.43 bits per heavy atom. The molecule has 1 N–H and O–H groups in total. The van der Waals surface area contributed by atoms with E-state index in [4.69, 9.17) is 25.8 Å². The Kier molecular flexibility index (Phi) is 9.45. The van der Waals surface area contributed by atoms with E-state index in [1.165, 1.54) is 31.3 Å². The van der Waals surface area contributed by atoms with Gasteiger partial charge >= 0.3 is 0 Å². The highest BCUT2D eigenvalue weighted by Crippen LogP contribution is 2.43. The van der Waals surface area contributed by atoms with Gasteiger partial charge in [0, 0.05) is 12.6 Å². The molecule has 0 saturated carbocycles. The van der Waals surface area contributed by atoms with Gasteiger partial charge in [0.2, 0.25) is 0 Å². The van der Waals surface area contributed by atoms with Crippen LogP contribution in [0.5, 0.6) is 17.2 Å². The number of carbonyl (C=O) groups excluding carboxylic acids is 2. The van der Waals surface area contributed by atoms with Crippen molar-refractivity contribution in [2.75, 3.05) is 48.0 Å². The molecule has 2 aromatic rings. The second-order valence-corrected chi connectivity index (χ2v) is 10.0. The Morgan fingerprint density at radius 1 is 1.11 bits per heavy atom. The van der Waals surface area contributed by atoms with Crippen LogP contribution in [-0.4, -0.2) is 74.6 Å². The molecule has 200 valence electrons. The molecular formula is C28H35ClN2O6. The summed E-state index contributed by atoms with van der Waals surface area (Å²) >= 11 is 6.25. The number of halogens is 1. The van der Waals surface area contributed by atoms with Crippen molar-refractivity contribution in [1.29, 1.82) is 0 Å². The van der Waals surface area contributed by atoms with Gasteiger partial charge in [-0.2, -0.15) is 0 Å². The lowest BCUT2D eigenvalue weighted by molar-refractivity contribution is -0.139. The molecule has 9 heteroatoms. The highest BCUT2D eigenvalue weighted by atomic mass is 35.5. The van der Waals surface area contributed by atoms with Gasteiger partial charge in [0.05, 0.1) is 43.0 Å². The highest BCUT2D eigenvalue weighted by Gasteiger charge is 2.46. The van der Waals surface area contributed by atoms with Crippen molar-refractivity contribution in [2.45, 2.75) is 26.3 Å². The number of hydrogen-bond donors (Lipinski definition) is 1. The number of amides is 1. The van der Waals surface area contributed by atoms with Gasteiger partial charge in [-0.15, -0.1) is 0 Å². The monoisotopic (exact) mass is 530 g/mol. The smallest absolute Gasteiger partial charge is 0.295 e. The van der Waals surface area contributed by atoms with Crippen LogP contribution < -0.4 is 14.2 Å². The first-order valence-corrected chi connectivity index (χ1v) is 12.5. The first-order valence-electron chi connectivity index (χ1n) is 12.2. The van der Waals surface area contributed by atoms with E-state index >= 15 is 0 Å². The molecule has 1 amide bonds. The minimum Gasteiger partial charge on any atom is -0.507 e. The van der Waals surface area contributed by atoms with Crippen LogP contribution in [0.2, 0.25) is 5.02 Å². The first kappa shape index (κ1) is 28.3. The van der Waals surface area contributed by atoms with Gasteiger partial charge in [-0.25, -0.2) is 0 Å². The average Bonchev–Trinajstić information content (AvgIpc) is 3.11. The molecular weight excluding hydrogens is 496 g/mol. The predicted octanol–water partition coefficient (Wildman–Crippen LogP) is 4.77. The first-order chi connectivity index (χ1) is 17.6. The van der Waals surface area contributed by atoms with Gasteiger partial charge < -0.3 is 29.1 Å². The number of aliphatic hydroxyl groups excluding tert-OH is 1. The van der Waals surface area contributed by atoms with E-state index < -0.39 is 17.7 Å². The topological polar surface area (TPSA) is 88.5 Å². The lowest BCUT2D eigenvalue weighted by Crippen LogP contribution is -2.32. The van der Waals surface area contributed by atoms with Crippen LogP contribution >= 0.6 is 11.6 Å². The zero-order chi connectivity index (χ0) is 27.3. The van der Waals surface area contributed by atoms with Crippen LogP contribution in [0.3, 0.4) is 0 Å². The summed E-state index contributed by atoms with van der Waals surface area (Å²) in [6.45, 7) is 5.70. The molecule has 1 unspecified atom stereocenters. The van der Waals surface area contributed by atoms with Crippen LogP contribution in [0.25, 0.3) is 5.76 Å². The molecule has 0 bridgehead atoms. The maximum atomic E-state index is 13.4. The number of ketones is 1. The number of benzene rings is 2. The summed E-state index contributed by atoms with van der Waals surface area (Å²) in [6.07, 6.45) is 0.651. The Balaban J connectivity index is 2.17. The lowest BCUT2D eigenvalue weighted by atomic mass is 9.94. The zero-order valence-electron chi connectivity index (χ0n) is 22.2. The Labute approximate surface area is 223 Å². The quantitative estimate of drug-likeness (QED) is 0.254. The molecule has 2 aromatic carbocycles. The van der Waals surface area contributed by atoms with Crippen molar-refractivity contribution in [1.82, 2.24) is 9.80 Å². The van der Waals surface area contributed by atoms with Gasteiger partial charge in [-0.3, -0.25) is 9.59 Å². The molecule has 0 aliphatic carbocycles. The van der Waals surface area contributed by atoms with Crippen molar-refractivity contribution in [3.05, 3.63) is 58.1 Å². The summed E-state index contributed by atoms with van der Waals surface area (Å²) in [4.78, 5) is 30.2. The van der Waals surface area contributed by atoms with Crippen LogP contribution in [0.15, 0.2) is 42.0 Å². The molecule has 1 saturated heterocycles. The number of ether oxygens (including phenoxy) is 3. The Morgan fingerprint density at radius 2 is 1.81 bits per heavy atom. The van der Waals surface area contributed by atoms with E-state index in [0.717, 1.165) is 6.54 Å². The fourth-order valence-electron chi connectivity index (χ4n) is 4.24. The number of hydrogen-bond acceptors (Lipinski definition) is 7. The second-order valence-electron chi connectivity index (χ2n) is 9.61. The van der Waals surface area contributed by atoms with Crippen molar-refractivity contribution in [3.8, 4) is 17.2 Å². The van der Waals surface area contributed by atoms with Crippen LogP contribution in [0, 0.1) is 5.92 Å². The summed E-state index contributed by atoms with van der Waals surface area (Å²) < 4.78 is 16.6. The molecule has 0 radical (unpaired) electrons. The van der Waals surface area contributed by atoms with E-state index in [2.05, 4.69) is 13.8 Å². The Bertz CT molecular complexity index is 1180. The van der Waals surface area contributed by atoms with E-state index in [-0.39, 0.29) is 27.7 Å². The number of Topliss-reactive ketones (excluding diaryl/α,β-unsaturated/α-hetero) is 1. The summed E-state index contributed by atoms with van der Waals surface area (Å²) in [5.41, 5.74) is 0.831. The molecule has 8 nitrogen and oxygen atoms in total. The molecule has 1 aliphatic rings. The van der Waals surface area contributed by atoms with E-state index in [1.807, 2.05) is 43.3 Å². The summed E-state index contributed by atoms with van der Waals surface area (Å²) in [7, 11) is 6.77. The summed E-state index contributed by atoms with van der Waals surface area (Å²) in [5.74, 6) is -0.308. The minimum absolute atomic E-state index is 0.0291. The van der Waals surface area contributed by atoms with Crippen LogP contribution in [-0.2, 0) is 9.59 Å². The van der Waals surface area contributed by atoms with E-state index in [1.54, 1.807) is 0 Å². The fraction of sp³-hybridized carbons (Fsp3) is 0.429. The number of nitrogens with zero attached hydrogens (tertiary/aromatic N) is 2. The maximum Gasteiger partial charge on any atom is 0.295 e. The Hall–Kier alpha value is -3.23. The van der Waals surface area contributed by atoms with Gasteiger partial charge in [-0.1, -0.05) is 37.6 Å². The third-order valence-corrected chi connectivity index (χ3v) is 6.33. The highest BCUT2D eigenvalue weighted by molar-refractivity contribution is 6.46. The fourth-order valence-corrected chi connectivity index (χ4v) is 4.47. The number of likely N-dealkylation sites (tertiary alicyclic amines) is 1. The van der Waals surface area contributed by atoms with E-state index in [9.17, 15) is 14.7 Å². The molecule has 0 aromatic heterocycles. The average molecular weight is 531 g/mol. The number of methoxy groups -OCH3 is 2. The SMILES string of the molecule is COc1cc(/C(O)=C2\C(=O)C(=O)N(CCCN(C)C)C2c2cccc(OCC(C)C)c2)c(OC)cc1Cl. The van der Waals surface area contributed by atoms with Gasteiger partial charge in [0.25, 0.3) is 11.7 Å². The third kappa shape index (κ3) is 6.37. The standard InChI is InChI=1S/C28H35ClN2O6/c1-17(2)16-37-19-10-7-9-18(13-19)25-24(27(33)28(34)31(25)12-8-11-30(3)4)26(32)20-14-23(36-6)21(29)15-22(20)35-5/h7,9-10,13-15,17,25,32H,8,11-12,16H2,1-6H3/b26-24+. The summed E-state index contributed by atoms with van der Waals surface area (Å²) in [6, 6.07) is 9.47. The maximum absolute atomic E-state index is 13.4. The minimum atomic E-state index is -0.809. The van der Waals surface area contributed by atoms with Gasteiger partial charge in [0.1, 0.15) is 23.0 Å².